The van der Waals surface area contributed by atoms with E-state index in [2.05, 4.69) is 26.1 Å². The third-order valence-electron chi connectivity index (χ3n) is 5.98. The minimum atomic E-state index is -3.16. The van der Waals surface area contributed by atoms with Crippen molar-refractivity contribution in [2.75, 3.05) is 7.11 Å². The number of hydrogen-bond donors (Lipinski definition) is 2. The molecule has 0 saturated carbocycles. The highest BCUT2D eigenvalue weighted by atomic mass is 28.4. The molecule has 186 valence electrons. The summed E-state index contributed by atoms with van der Waals surface area (Å²) in [6, 6.07) is 18.5. The third-order valence-corrected chi connectivity index (χ3v) is 11.0. The largest absolute Gasteiger partial charge is 0.478 e. The lowest BCUT2D eigenvalue weighted by Crippen LogP contribution is -2.70. The Hall–Kier alpha value is -3.43. The molecule has 0 spiro atoms. The van der Waals surface area contributed by atoms with Crippen LogP contribution < -0.4 is 15.7 Å². The monoisotopic (exact) mass is 497 g/mol. The molecule has 1 aliphatic heterocycles. The van der Waals surface area contributed by atoms with Crippen LogP contribution in [-0.4, -0.2) is 56.6 Å². The fourth-order valence-electron chi connectivity index (χ4n) is 4.49. The summed E-state index contributed by atoms with van der Waals surface area (Å²) in [6.07, 6.45) is -1.14. The Labute approximate surface area is 206 Å². The molecule has 2 N–H and O–H groups in total. The van der Waals surface area contributed by atoms with Gasteiger partial charge in [0.05, 0.1) is 13.2 Å². The lowest BCUT2D eigenvalue weighted by molar-refractivity contribution is -0.157. The number of ether oxygens (including phenoxy) is 2. The van der Waals surface area contributed by atoms with Gasteiger partial charge in [0.15, 0.2) is 0 Å². The molecule has 0 saturated heterocycles. The first-order valence-electron chi connectivity index (χ1n) is 11.3. The van der Waals surface area contributed by atoms with Gasteiger partial charge in [0, 0.05) is 6.92 Å². The minimum absolute atomic E-state index is 0.274. The number of esters is 1. The number of nitrogens with one attached hydrogen (secondary N) is 1. The van der Waals surface area contributed by atoms with E-state index >= 15 is 0 Å². The van der Waals surface area contributed by atoms with E-state index in [1.807, 2.05) is 60.7 Å². The van der Waals surface area contributed by atoms with Crippen LogP contribution in [0.1, 0.15) is 27.7 Å². The first-order chi connectivity index (χ1) is 16.5. The van der Waals surface area contributed by atoms with Crippen molar-refractivity contribution in [3.05, 3.63) is 72.5 Å². The zero-order valence-corrected chi connectivity index (χ0v) is 21.5. The Kier molecular flexibility index (Phi) is 7.82. The van der Waals surface area contributed by atoms with E-state index in [1.165, 1.54) is 20.1 Å². The van der Waals surface area contributed by atoms with Gasteiger partial charge >= 0.3 is 11.9 Å². The summed E-state index contributed by atoms with van der Waals surface area (Å²) < 4.78 is 17.3. The zero-order chi connectivity index (χ0) is 25.8. The van der Waals surface area contributed by atoms with Crippen LogP contribution in [-0.2, 0) is 28.3 Å². The summed E-state index contributed by atoms with van der Waals surface area (Å²) in [5, 5.41) is 14.1. The van der Waals surface area contributed by atoms with Crippen molar-refractivity contribution < 1.29 is 33.4 Å². The van der Waals surface area contributed by atoms with E-state index in [0.29, 0.717) is 0 Å². The lowest BCUT2D eigenvalue weighted by Gasteiger charge is -2.47. The maximum atomic E-state index is 12.4. The van der Waals surface area contributed by atoms with Crippen LogP contribution in [0.3, 0.4) is 0 Å². The van der Waals surface area contributed by atoms with E-state index in [1.54, 1.807) is 0 Å². The maximum absolute atomic E-state index is 12.4. The lowest BCUT2D eigenvalue weighted by atomic mass is 10.0. The molecule has 8 nitrogen and oxygen atoms in total. The summed E-state index contributed by atoms with van der Waals surface area (Å²) in [7, 11) is -1.98. The predicted molar refractivity (Wildman–Crippen MR) is 133 cm³/mol. The van der Waals surface area contributed by atoms with Crippen LogP contribution >= 0.6 is 0 Å². The van der Waals surface area contributed by atoms with Crippen LogP contribution in [0.4, 0.5) is 0 Å². The number of benzene rings is 2. The Morgan fingerprint density at radius 1 is 0.971 bits per heavy atom. The zero-order valence-electron chi connectivity index (χ0n) is 20.5. The molecule has 0 aliphatic carbocycles. The van der Waals surface area contributed by atoms with E-state index in [4.69, 9.17) is 13.9 Å². The number of hydrogen-bond acceptors (Lipinski definition) is 6. The molecule has 1 amide bonds. The molecule has 0 fully saturated rings. The van der Waals surface area contributed by atoms with Gasteiger partial charge in [-0.25, -0.2) is 9.59 Å². The molecule has 2 aromatic carbocycles. The summed E-state index contributed by atoms with van der Waals surface area (Å²) in [5.74, 6) is -2.89. The highest BCUT2D eigenvalue weighted by Crippen LogP contribution is 2.39. The molecular weight excluding hydrogens is 466 g/mol. The Morgan fingerprint density at radius 3 is 1.89 bits per heavy atom. The first-order valence-corrected chi connectivity index (χ1v) is 13.2. The molecule has 3 atom stereocenters. The van der Waals surface area contributed by atoms with Gasteiger partial charge in [-0.05, 0) is 21.5 Å². The second kappa shape index (κ2) is 10.5. The van der Waals surface area contributed by atoms with Crippen molar-refractivity contribution in [2.24, 2.45) is 0 Å². The van der Waals surface area contributed by atoms with Crippen molar-refractivity contribution in [2.45, 2.75) is 51.0 Å². The van der Waals surface area contributed by atoms with Crippen molar-refractivity contribution in [1.82, 2.24) is 5.32 Å². The summed E-state index contributed by atoms with van der Waals surface area (Å²) in [5.41, 5.74) is 0. The van der Waals surface area contributed by atoms with Crippen molar-refractivity contribution in [3.63, 3.8) is 0 Å². The standard InChI is InChI=1S/C26H31NO7Si/c1-17(28)27-22-20(16-21(25(31)32-5)33-23(22)24(29)30)34-35(26(2,3)4,18-12-8-6-9-13-18)19-14-10-7-11-15-19/h6-16,20,22-23H,1-5H3,(H,27,28)(H,29,30)/t20-,22+,23+/m0/s1. The van der Waals surface area contributed by atoms with Crippen LogP contribution in [0, 0.1) is 0 Å². The topological polar surface area (TPSA) is 111 Å². The third kappa shape index (κ3) is 5.31. The molecule has 2 aromatic rings. The molecule has 3 rings (SSSR count). The number of carboxylic acids is 1. The van der Waals surface area contributed by atoms with Crippen molar-refractivity contribution >= 4 is 36.5 Å². The normalized spacial score (nSPS) is 20.3. The van der Waals surface area contributed by atoms with Crippen LogP contribution in [0.25, 0.3) is 0 Å². The van der Waals surface area contributed by atoms with E-state index in [9.17, 15) is 19.5 Å². The fourth-order valence-corrected chi connectivity index (χ4v) is 9.13. The quantitative estimate of drug-likeness (QED) is 0.444. The highest BCUT2D eigenvalue weighted by molar-refractivity contribution is 6.99. The highest BCUT2D eigenvalue weighted by Gasteiger charge is 2.54. The SMILES string of the molecule is COC(=O)C1=C[C@H](O[Si](c2ccccc2)(c2ccccc2)C(C)(C)C)[C@@H](NC(C)=O)[C@H](C(=O)O)O1. The molecule has 0 unspecified atom stereocenters. The first kappa shape index (κ1) is 26.2. The molecule has 0 bridgehead atoms. The van der Waals surface area contributed by atoms with E-state index in [0.717, 1.165) is 10.4 Å². The average Bonchev–Trinajstić information content (AvgIpc) is 2.82. The van der Waals surface area contributed by atoms with E-state index in [-0.39, 0.29) is 5.76 Å². The number of rotatable bonds is 7. The Morgan fingerprint density at radius 2 is 1.49 bits per heavy atom. The summed E-state index contributed by atoms with van der Waals surface area (Å²) in [4.78, 5) is 36.6. The van der Waals surface area contributed by atoms with Gasteiger partial charge in [0.25, 0.3) is 8.32 Å². The number of carbonyl (C=O) groups is 3. The molecule has 1 aliphatic rings. The van der Waals surface area contributed by atoms with Gasteiger partial charge in [-0.15, -0.1) is 0 Å². The Bertz CT molecular complexity index is 1060. The van der Waals surface area contributed by atoms with E-state index < -0.39 is 49.5 Å². The smallest absolute Gasteiger partial charge is 0.373 e. The number of methoxy groups -OCH3 is 1. The van der Waals surface area contributed by atoms with Gasteiger partial charge in [-0.2, -0.15) is 0 Å². The minimum Gasteiger partial charge on any atom is -0.478 e. The second-order valence-corrected chi connectivity index (χ2v) is 13.6. The van der Waals surface area contributed by atoms with Gasteiger partial charge in [-0.3, -0.25) is 4.79 Å². The fraction of sp³-hybridized carbons (Fsp3) is 0.346. The average molecular weight is 498 g/mol. The molecule has 0 radical (unpaired) electrons. The molecule has 1 heterocycles. The number of carbonyl (C=O) groups excluding carboxylic acids is 2. The summed E-state index contributed by atoms with van der Waals surface area (Å²) in [6.45, 7) is 7.51. The van der Waals surface area contributed by atoms with Gasteiger partial charge in [-0.1, -0.05) is 81.4 Å². The molecule has 9 heteroatoms. The maximum Gasteiger partial charge on any atom is 0.373 e. The van der Waals surface area contributed by atoms with Gasteiger partial charge < -0.3 is 24.3 Å². The number of carboxylic acid groups (broad SMARTS) is 1. The van der Waals surface area contributed by atoms with Crippen LogP contribution in [0.15, 0.2) is 72.5 Å². The van der Waals surface area contributed by atoms with Crippen LogP contribution in [0.2, 0.25) is 5.04 Å². The number of amides is 1. The Balaban J connectivity index is 2.28. The summed E-state index contributed by atoms with van der Waals surface area (Å²) >= 11 is 0. The van der Waals surface area contributed by atoms with Gasteiger partial charge in [0.2, 0.25) is 17.8 Å². The van der Waals surface area contributed by atoms with Crippen LogP contribution in [0.5, 0.6) is 0 Å². The van der Waals surface area contributed by atoms with Gasteiger partial charge in [0.1, 0.15) is 6.04 Å². The molecular formula is C26H31NO7Si. The van der Waals surface area contributed by atoms with Crippen molar-refractivity contribution in [1.29, 1.82) is 0 Å². The second-order valence-electron chi connectivity index (χ2n) is 9.37. The predicted octanol–water partition coefficient (Wildman–Crippen LogP) is 1.98. The molecule has 35 heavy (non-hydrogen) atoms. The number of aliphatic carboxylic acids is 1. The molecule has 0 aromatic heterocycles. The van der Waals surface area contributed by atoms with Crippen molar-refractivity contribution in [3.8, 4) is 0 Å².